The number of aliphatic carboxylic acids is 1. The van der Waals surface area contributed by atoms with Crippen molar-refractivity contribution in [2.75, 3.05) is 20.1 Å². The summed E-state index contributed by atoms with van der Waals surface area (Å²) in [4.78, 5) is 23.2. The van der Waals surface area contributed by atoms with E-state index in [1.807, 2.05) is 0 Å². The third-order valence-corrected chi connectivity index (χ3v) is 2.72. The van der Waals surface area contributed by atoms with Crippen molar-refractivity contribution >= 4 is 12.0 Å². The number of amides is 2. The van der Waals surface area contributed by atoms with Crippen LogP contribution in [0.15, 0.2) is 0 Å². The molecule has 0 heterocycles. The fourth-order valence-electron chi connectivity index (χ4n) is 0.984. The molecule has 1 unspecified atom stereocenters. The Morgan fingerprint density at radius 3 is 2.31 bits per heavy atom. The molecule has 0 saturated carbocycles. The van der Waals surface area contributed by atoms with Crippen molar-refractivity contribution in [2.45, 2.75) is 27.2 Å². The van der Waals surface area contributed by atoms with Gasteiger partial charge in [-0.1, -0.05) is 20.8 Å². The van der Waals surface area contributed by atoms with E-state index < -0.39 is 5.97 Å². The maximum absolute atomic E-state index is 11.5. The molecule has 16 heavy (non-hydrogen) atoms. The van der Waals surface area contributed by atoms with Gasteiger partial charge >= 0.3 is 12.0 Å². The van der Waals surface area contributed by atoms with Crippen molar-refractivity contribution in [1.29, 1.82) is 0 Å². The van der Waals surface area contributed by atoms with E-state index in [1.165, 1.54) is 4.90 Å². The minimum Gasteiger partial charge on any atom is -0.481 e. The Labute approximate surface area is 96.8 Å². The molecule has 5 heteroatoms. The highest BCUT2D eigenvalue weighted by atomic mass is 16.4. The standard InChI is InChI=1S/C11H22N2O3/c1-8(2)9(3)7-12-11(16)13(4)6-5-10(14)15/h8-9H,5-7H2,1-4H3,(H,12,16)(H,14,15). The molecular formula is C11H22N2O3. The third kappa shape index (κ3) is 6.27. The van der Waals surface area contributed by atoms with Gasteiger partial charge in [-0.25, -0.2) is 4.79 Å². The maximum Gasteiger partial charge on any atom is 0.317 e. The number of carboxylic acid groups (broad SMARTS) is 1. The lowest BCUT2D eigenvalue weighted by Gasteiger charge is -2.20. The Morgan fingerprint density at radius 2 is 1.88 bits per heavy atom. The van der Waals surface area contributed by atoms with Crippen LogP contribution >= 0.6 is 0 Å². The van der Waals surface area contributed by atoms with Crippen LogP contribution in [0.1, 0.15) is 27.2 Å². The van der Waals surface area contributed by atoms with E-state index in [-0.39, 0.29) is 19.0 Å². The molecule has 1 atom stereocenters. The molecule has 94 valence electrons. The second-order valence-electron chi connectivity index (χ2n) is 4.47. The van der Waals surface area contributed by atoms with Crippen LogP contribution in [0.5, 0.6) is 0 Å². The molecule has 2 amide bonds. The van der Waals surface area contributed by atoms with E-state index in [1.54, 1.807) is 7.05 Å². The predicted molar refractivity (Wildman–Crippen MR) is 62.3 cm³/mol. The summed E-state index contributed by atoms with van der Waals surface area (Å²) >= 11 is 0. The van der Waals surface area contributed by atoms with Gasteiger partial charge in [-0.2, -0.15) is 0 Å². The summed E-state index contributed by atoms with van der Waals surface area (Å²) in [5.74, 6) is 0.0386. The molecular weight excluding hydrogens is 208 g/mol. The van der Waals surface area contributed by atoms with E-state index in [9.17, 15) is 9.59 Å². The van der Waals surface area contributed by atoms with Gasteiger partial charge in [-0.15, -0.1) is 0 Å². The first-order valence-electron chi connectivity index (χ1n) is 5.55. The van der Waals surface area contributed by atoms with Gasteiger partial charge in [0.2, 0.25) is 0 Å². The summed E-state index contributed by atoms with van der Waals surface area (Å²) in [6, 6.07) is -0.214. The number of carbonyl (C=O) groups is 2. The van der Waals surface area contributed by atoms with Gasteiger partial charge in [0.1, 0.15) is 0 Å². The normalized spacial score (nSPS) is 12.3. The number of hydrogen-bond donors (Lipinski definition) is 2. The zero-order valence-electron chi connectivity index (χ0n) is 10.5. The van der Waals surface area contributed by atoms with Crippen LogP contribution < -0.4 is 5.32 Å². The molecule has 0 aliphatic carbocycles. The minimum atomic E-state index is -0.893. The van der Waals surface area contributed by atoms with E-state index in [0.29, 0.717) is 18.4 Å². The number of rotatable bonds is 6. The molecule has 5 nitrogen and oxygen atoms in total. The van der Waals surface area contributed by atoms with Gasteiger partial charge in [-0.3, -0.25) is 4.79 Å². The summed E-state index contributed by atoms with van der Waals surface area (Å²) in [6.45, 7) is 7.13. The molecule has 0 aliphatic heterocycles. The highest BCUT2D eigenvalue weighted by Gasteiger charge is 2.12. The summed E-state index contributed by atoms with van der Waals surface area (Å²) in [7, 11) is 1.60. The van der Waals surface area contributed by atoms with Crippen LogP contribution in [0.4, 0.5) is 4.79 Å². The quantitative estimate of drug-likeness (QED) is 0.724. The van der Waals surface area contributed by atoms with Crippen LogP contribution in [0.3, 0.4) is 0 Å². The first-order chi connectivity index (χ1) is 7.34. The third-order valence-electron chi connectivity index (χ3n) is 2.72. The van der Waals surface area contributed by atoms with E-state index in [2.05, 4.69) is 26.1 Å². The Morgan fingerprint density at radius 1 is 1.31 bits per heavy atom. The summed E-state index contributed by atoms with van der Waals surface area (Å²) in [5, 5.41) is 11.3. The lowest BCUT2D eigenvalue weighted by atomic mass is 9.98. The smallest absolute Gasteiger partial charge is 0.317 e. The van der Waals surface area contributed by atoms with Crippen LogP contribution in [-0.2, 0) is 4.79 Å². The summed E-state index contributed by atoms with van der Waals surface area (Å²) in [5.41, 5.74) is 0. The van der Waals surface area contributed by atoms with Gasteiger partial charge in [-0.05, 0) is 11.8 Å². The molecule has 0 radical (unpaired) electrons. The number of nitrogens with zero attached hydrogens (tertiary/aromatic N) is 1. The van der Waals surface area contributed by atoms with E-state index in [0.717, 1.165) is 0 Å². The van der Waals surface area contributed by atoms with Gasteiger partial charge < -0.3 is 15.3 Å². The summed E-state index contributed by atoms with van der Waals surface area (Å²) in [6.07, 6.45) is -0.0242. The van der Waals surface area contributed by atoms with Gasteiger partial charge in [0, 0.05) is 20.1 Å². The first-order valence-corrected chi connectivity index (χ1v) is 5.55. The molecule has 0 fully saturated rings. The Balaban J connectivity index is 3.83. The number of nitrogens with one attached hydrogen (secondary N) is 1. The minimum absolute atomic E-state index is 0.0242. The Kier molecular flexibility index (Phi) is 6.53. The first kappa shape index (κ1) is 14.7. The summed E-state index contributed by atoms with van der Waals surface area (Å²) < 4.78 is 0. The van der Waals surface area contributed by atoms with Crippen molar-refractivity contribution in [3.63, 3.8) is 0 Å². The zero-order valence-corrected chi connectivity index (χ0v) is 10.5. The predicted octanol–water partition coefficient (Wildman–Crippen LogP) is 1.39. The number of hydrogen-bond acceptors (Lipinski definition) is 2. The largest absolute Gasteiger partial charge is 0.481 e. The zero-order chi connectivity index (χ0) is 12.7. The lowest BCUT2D eigenvalue weighted by Crippen LogP contribution is -2.40. The lowest BCUT2D eigenvalue weighted by molar-refractivity contribution is -0.137. The number of carboxylic acids is 1. The molecule has 0 aromatic rings. The molecule has 0 saturated heterocycles. The van der Waals surface area contributed by atoms with Crippen molar-refractivity contribution in [2.24, 2.45) is 11.8 Å². The fraction of sp³-hybridized carbons (Fsp3) is 0.818. The Hall–Kier alpha value is -1.26. The SMILES string of the molecule is CC(C)C(C)CNC(=O)N(C)CCC(=O)O. The molecule has 0 bridgehead atoms. The molecule has 0 rings (SSSR count). The van der Waals surface area contributed by atoms with E-state index in [4.69, 9.17) is 5.11 Å². The fourth-order valence-corrected chi connectivity index (χ4v) is 0.984. The molecule has 0 aliphatic rings. The van der Waals surface area contributed by atoms with Gasteiger partial charge in [0.05, 0.1) is 6.42 Å². The average molecular weight is 230 g/mol. The highest BCUT2D eigenvalue weighted by molar-refractivity contribution is 5.74. The number of carbonyl (C=O) groups excluding carboxylic acids is 1. The second kappa shape index (κ2) is 7.09. The van der Waals surface area contributed by atoms with Crippen molar-refractivity contribution in [3.8, 4) is 0 Å². The van der Waals surface area contributed by atoms with Crippen LogP contribution in [-0.4, -0.2) is 42.1 Å². The Bertz CT molecular complexity index is 241. The van der Waals surface area contributed by atoms with Crippen molar-refractivity contribution in [1.82, 2.24) is 10.2 Å². The topological polar surface area (TPSA) is 69.6 Å². The molecule has 0 aromatic heterocycles. The second-order valence-corrected chi connectivity index (χ2v) is 4.47. The number of urea groups is 1. The van der Waals surface area contributed by atoms with Crippen LogP contribution in [0, 0.1) is 11.8 Å². The molecule has 2 N–H and O–H groups in total. The van der Waals surface area contributed by atoms with Gasteiger partial charge in [0.15, 0.2) is 0 Å². The van der Waals surface area contributed by atoms with Crippen molar-refractivity contribution < 1.29 is 14.7 Å². The van der Waals surface area contributed by atoms with Crippen LogP contribution in [0.2, 0.25) is 0 Å². The average Bonchev–Trinajstić information content (AvgIpc) is 2.21. The van der Waals surface area contributed by atoms with Crippen LogP contribution in [0.25, 0.3) is 0 Å². The van der Waals surface area contributed by atoms with E-state index >= 15 is 0 Å². The highest BCUT2D eigenvalue weighted by Crippen LogP contribution is 2.07. The molecule has 0 spiro atoms. The maximum atomic E-state index is 11.5. The van der Waals surface area contributed by atoms with Gasteiger partial charge in [0.25, 0.3) is 0 Å². The molecule has 0 aromatic carbocycles. The van der Waals surface area contributed by atoms with Crippen molar-refractivity contribution in [3.05, 3.63) is 0 Å². The monoisotopic (exact) mass is 230 g/mol.